The molecule has 0 unspecified atom stereocenters. The van der Waals surface area contributed by atoms with Gasteiger partial charge in [-0.1, -0.05) is 54.2 Å². The summed E-state index contributed by atoms with van der Waals surface area (Å²) in [6, 6.07) is 15.8. The van der Waals surface area contributed by atoms with E-state index in [0.717, 1.165) is 17.3 Å². The Morgan fingerprint density at radius 2 is 1.88 bits per heavy atom. The van der Waals surface area contributed by atoms with Crippen LogP contribution in [-0.2, 0) is 4.79 Å². The molecule has 3 rings (SSSR count). The molecule has 1 amide bonds. The van der Waals surface area contributed by atoms with Crippen LogP contribution in [-0.4, -0.2) is 21.9 Å². The first-order valence-electron chi connectivity index (χ1n) is 7.69. The molecule has 1 N–H and O–H groups in total. The summed E-state index contributed by atoms with van der Waals surface area (Å²) in [5.41, 5.74) is 1.27. The fourth-order valence-electron chi connectivity index (χ4n) is 2.25. The summed E-state index contributed by atoms with van der Waals surface area (Å²) in [6.45, 7) is 1.92. The molecule has 1 aromatic heterocycles. The molecule has 1 heterocycles. The summed E-state index contributed by atoms with van der Waals surface area (Å²) in [6.07, 6.45) is 0. The molecule has 0 saturated carbocycles. The van der Waals surface area contributed by atoms with Crippen LogP contribution in [0.3, 0.4) is 0 Å². The van der Waals surface area contributed by atoms with Gasteiger partial charge in [0.1, 0.15) is 5.82 Å². The maximum absolute atomic E-state index is 13.7. The number of benzene rings is 2. The normalized spacial score (nSPS) is 11.9. The van der Waals surface area contributed by atoms with Gasteiger partial charge in [-0.15, -0.1) is 10.2 Å². The van der Waals surface area contributed by atoms with Crippen molar-refractivity contribution in [1.29, 1.82) is 0 Å². The first-order valence-corrected chi connectivity index (χ1v) is 8.67. The molecule has 7 heteroatoms. The Bertz CT molecular complexity index is 854. The summed E-state index contributed by atoms with van der Waals surface area (Å²) >= 11 is 1.11. The maximum Gasteiger partial charge on any atom is 0.277 e. The number of amides is 1. The topological polar surface area (TPSA) is 68.0 Å². The van der Waals surface area contributed by atoms with Gasteiger partial charge in [0.25, 0.3) is 11.1 Å². The minimum Gasteiger partial charge on any atom is -0.411 e. The SMILES string of the molecule is C[C@H](NC(=O)CSc1nnc(-c2ccccc2F)o1)c1ccccc1. The molecule has 1 atom stereocenters. The van der Waals surface area contributed by atoms with E-state index in [1.54, 1.807) is 18.2 Å². The van der Waals surface area contributed by atoms with Gasteiger partial charge in [-0.3, -0.25) is 4.79 Å². The van der Waals surface area contributed by atoms with Gasteiger partial charge in [-0.2, -0.15) is 0 Å². The maximum atomic E-state index is 13.7. The molecule has 128 valence electrons. The Hall–Kier alpha value is -2.67. The fraction of sp³-hybridized carbons (Fsp3) is 0.167. The standard InChI is InChI=1S/C18H16FN3O2S/c1-12(13-7-3-2-4-8-13)20-16(23)11-25-18-22-21-17(24-18)14-9-5-6-10-15(14)19/h2-10,12H,11H2,1H3,(H,20,23)/t12-/m0/s1. The van der Waals surface area contributed by atoms with Crippen molar-refractivity contribution in [2.45, 2.75) is 18.2 Å². The van der Waals surface area contributed by atoms with Crippen LogP contribution >= 0.6 is 11.8 Å². The molecule has 2 aromatic carbocycles. The average molecular weight is 357 g/mol. The first kappa shape index (κ1) is 17.2. The number of nitrogens with zero attached hydrogens (tertiary/aromatic N) is 2. The number of hydrogen-bond acceptors (Lipinski definition) is 5. The molecule has 0 fully saturated rings. The Labute approximate surface area is 148 Å². The molecule has 5 nitrogen and oxygen atoms in total. The fourth-order valence-corrected chi connectivity index (χ4v) is 2.82. The van der Waals surface area contributed by atoms with Crippen LogP contribution in [0.4, 0.5) is 4.39 Å². The number of thioether (sulfide) groups is 1. The van der Waals surface area contributed by atoms with Crippen LogP contribution in [0.5, 0.6) is 0 Å². The smallest absolute Gasteiger partial charge is 0.277 e. The summed E-state index contributed by atoms with van der Waals surface area (Å²) in [4.78, 5) is 12.0. The minimum atomic E-state index is -0.433. The van der Waals surface area contributed by atoms with Crippen molar-refractivity contribution in [3.05, 3.63) is 66.0 Å². The Morgan fingerprint density at radius 1 is 1.16 bits per heavy atom. The van der Waals surface area contributed by atoms with Crippen LogP contribution in [0.25, 0.3) is 11.5 Å². The van der Waals surface area contributed by atoms with Crippen LogP contribution in [0.15, 0.2) is 64.2 Å². The molecule has 25 heavy (non-hydrogen) atoms. The second-order valence-electron chi connectivity index (χ2n) is 5.34. The number of nitrogens with one attached hydrogen (secondary N) is 1. The molecular weight excluding hydrogens is 341 g/mol. The highest BCUT2D eigenvalue weighted by Gasteiger charge is 2.15. The Balaban J connectivity index is 1.55. The van der Waals surface area contributed by atoms with Gasteiger partial charge in [0, 0.05) is 0 Å². The summed E-state index contributed by atoms with van der Waals surface area (Å²) in [5.74, 6) is -0.349. The number of rotatable bonds is 6. The Morgan fingerprint density at radius 3 is 2.64 bits per heavy atom. The highest BCUT2D eigenvalue weighted by atomic mass is 32.2. The molecule has 0 aliphatic carbocycles. The van der Waals surface area contributed by atoms with E-state index >= 15 is 0 Å². The highest BCUT2D eigenvalue weighted by molar-refractivity contribution is 7.99. The molecule has 0 saturated heterocycles. The molecule has 3 aromatic rings. The summed E-state index contributed by atoms with van der Waals surface area (Å²) in [5, 5.41) is 10.8. The van der Waals surface area contributed by atoms with Crippen molar-refractivity contribution >= 4 is 17.7 Å². The number of aromatic nitrogens is 2. The van der Waals surface area contributed by atoms with Crippen LogP contribution in [0.1, 0.15) is 18.5 Å². The van der Waals surface area contributed by atoms with Crippen LogP contribution < -0.4 is 5.32 Å². The minimum absolute atomic E-state index is 0.0917. The molecule has 0 aliphatic heterocycles. The van der Waals surface area contributed by atoms with E-state index in [4.69, 9.17) is 4.42 Å². The van der Waals surface area contributed by atoms with E-state index < -0.39 is 5.82 Å². The largest absolute Gasteiger partial charge is 0.411 e. The number of hydrogen-bond donors (Lipinski definition) is 1. The lowest BCUT2D eigenvalue weighted by atomic mass is 10.1. The monoisotopic (exact) mass is 357 g/mol. The summed E-state index contributed by atoms with van der Waals surface area (Å²) < 4.78 is 19.1. The average Bonchev–Trinajstić information content (AvgIpc) is 3.10. The number of carbonyl (C=O) groups excluding carboxylic acids is 1. The van der Waals surface area contributed by atoms with Gasteiger partial charge >= 0.3 is 0 Å². The van der Waals surface area contributed by atoms with Gasteiger partial charge in [-0.25, -0.2) is 4.39 Å². The second-order valence-corrected chi connectivity index (χ2v) is 6.27. The van der Waals surface area contributed by atoms with Crippen LogP contribution in [0.2, 0.25) is 0 Å². The third-order valence-electron chi connectivity index (χ3n) is 3.51. The lowest BCUT2D eigenvalue weighted by Crippen LogP contribution is -2.28. The van der Waals surface area contributed by atoms with Gasteiger partial charge in [-0.05, 0) is 24.6 Å². The lowest BCUT2D eigenvalue weighted by Gasteiger charge is -2.13. The molecule has 0 bridgehead atoms. The van der Waals surface area contributed by atoms with Crippen molar-refractivity contribution in [2.24, 2.45) is 0 Å². The number of halogens is 1. The predicted octanol–water partition coefficient (Wildman–Crippen LogP) is 3.85. The van der Waals surface area contributed by atoms with E-state index in [2.05, 4.69) is 15.5 Å². The van der Waals surface area contributed by atoms with E-state index in [9.17, 15) is 9.18 Å². The van der Waals surface area contributed by atoms with E-state index in [0.29, 0.717) is 0 Å². The van der Waals surface area contributed by atoms with Gasteiger partial charge in [0.15, 0.2) is 0 Å². The first-order chi connectivity index (χ1) is 12.1. The highest BCUT2D eigenvalue weighted by Crippen LogP contribution is 2.25. The molecular formula is C18H16FN3O2S. The second kappa shape index (κ2) is 7.94. The van der Waals surface area contributed by atoms with E-state index in [-0.39, 0.29) is 34.4 Å². The van der Waals surface area contributed by atoms with E-state index in [1.165, 1.54) is 6.07 Å². The predicted molar refractivity (Wildman–Crippen MR) is 93.4 cm³/mol. The van der Waals surface area contributed by atoms with Gasteiger partial charge < -0.3 is 9.73 Å². The van der Waals surface area contributed by atoms with E-state index in [1.807, 2.05) is 37.3 Å². The van der Waals surface area contributed by atoms with Gasteiger partial charge in [0.05, 0.1) is 17.4 Å². The van der Waals surface area contributed by atoms with Crippen molar-refractivity contribution < 1.29 is 13.6 Å². The zero-order valence-corrected chi connectivity index (χ0v) is 14.3. The van der Waals surface area contributed by atoms with Crippen molar-refractivity contribution in [3.63, 3.8) is 0 Å². The molecule has 0 radical (unpaired) electrons. The number of carbonyl (C=O) groups is 1. The summed E-state index contributed by atoms with van der Waals surface area (Å²) in [7, 11) is 0. The van der Waals surface area contributed by atoms with Crippen molar-refractivity contribution in [2.75, 3.05) is 5.75 Å². The quantitative estimate of drug-likeness (QED) is 0.679. The molecule has 0 aliphatic rings. The lowest BCUT2D eigenvalue weighted by molar-refractivity contribution is -0.119. The van der Waals surface area contributed by atoms with Crippen molar-refractivity contribution in [3.8, 4) is 11.5 Å². The third-order valence-corrected chi connectivity index (χ3v) is 4.33. The zero-order chi connectivity index (χ0) is 17.6. The third kappa shape index (κ3) is 4.45. The Kier molecular flexibility index (Phi) is 5.45. The van der Waals surface area contributed by atoms with Crippen LogP contribution in [0, 0.1) is 5.82 Å². The van der Waals surface area contributed by atoms with Gasteiger partial charge in [0.2, 0.25) is 5.91 Å². The van der Waals surface area contributed by atoms with Crippen molar-refractivity contribution in [1.82, 2.24) is 15.5 Å². The zero-order valence-electron chi connectivity index (χ0n) is 13.5. The molecule has 0 spiro atoms.